The van der Waals surface area contributed by atoms with Crippen molar-refractivity contribution in [3.8, 4) is 0 Å². The fourth-order valence-corrected chi connectivity index (χ4v) is 3.17. The van der Waals surface area contributed by atoms with Gasteiger partial charge in [-0.3, -0.25) is 0 Å². The van der Waals surface area contributed by atoms with Gasteiger partial charge in [-0.15, -0.1) is 0 Å². The van der Waals surface area contributed by atoms with Crippen molar-refractivity contribution in [2.75, 3.05) is 12.8 Å². The number of nitrogens with one attached hydrogen (secondary N) is 2. The second-order valence-electron chi connectivity index (χ2n) is 4.72. The maximum Gasteiger partial charge on any atom is 0.326 e. The normalized spacial score (nSPS) is 19.2. The van der Waals surface area contributed by atoms with Crippen LogP contribution in [0, 0.1) is 0 Å². The maximum absolute atomic E-state index is 11.6. The molecule has 5 nitrogen and oxygen atoms in total. The van der Waals surface area contributed by atoms with Gasteiger partial charge in [0.15, 0.2) is 0 Å². The first kappa shape index (κ1) is 15.1. The Hall–Kier alpha value is -0.910. The lowest BCUT2D eigenvalue weighted by atomic mass is 10.1. The van der Waals surface area contributed by atoms with Gasteiger partial charge >= 0.3 is 12.0 Å². The van der Waals surface area contributed by atoms with Crippen LogP contribution in [0.25, 0.3) is 0 Å². The molecule has 0 aliphatic heterocycles. The highest BCUT2D eigenvalue weighted by Crippen LogP contribution is 2.39. The molecule has 0 aromatic heterocycles. The summed E-state index contributed by atoms with van der Waals surface area (Å²) in [6, 6.07) is -1.19. The van der Waals surface area contributed by atoms with Crippen LogP contribution in [0.5, 0.6) is 0 Å². The molecular formula is C12H22N2O3S. The zero-order valence-electron chi connectivity index (χ0n) is 11.0. The van der Waals surface area contributed by atoms with E-state index in [1.807, 2.05) is 0 Å². The first-order valence-electron chi connectivity index (χ1n) is 6.35. The number of rotatable bonds is 6. The fraction of sp³-hybridized carbons (Fsp3) is 0.833. The molecule has 1 aliphatic rings. The average Bonchev–Trinajstić information content (AvgIpc) is 2.82. The standard InChI is InChI=1S/C12H22N2O3S/c1-3-9(10(15)16)14-11(17)13-8-12(18-2)6-4-5-7-12/h9H,3-8H2,1-2H3,(H,15,16)(H2,13,14,17)/t9-/m1/s1. The molecule has 0 radical (unpaired) electrons. The first-order chi connectivity index (χ1) is 8.53. The van der Waals surface area contributed by atoms with Gasteiger partial charge in [0.25, 0.3) is 0 Å². The topological polar surface area (TPSA) is 78.4 Å². The molecule has 1 saturated carbocycles. The number of carbonyl (C=O) groups is 2. The van der Waals surface area contributed by atoms with Crippen molar-refractivity contribution in [2.24, 2.45) is 0 Å². The Balaban J connectivity index is 2.38. The van der Waals surface area contributed by atoms with Crippen molar-refractivity contribution >= 4 is 23.8 Å². The summed E-state index contributed by atoms with van der Waals surface area (Å²) < 4.78 is 0.141. The van der Waals surface area contributed by atoms with Gasteiger partial charge < -0.3 is 15.7 Å². The van der Waals surface area contributed by atoms with Gasteiger partial charge in [0.2, 0.25) is 0 Å². The largest absolute Gasteiger partial charge is 0.480 e. The van der Waals surface area contributed by atoms with Crippen LogP contribution in [-0.2, 0) is 4.79 Å². The summed E-state index contributed by atoms with van der Waals surface area (Å²) in [6.45, 7) is 2.34. The molecule has 0 aromatic rings. The van der Waals surface area contributed by atoms with E-state index < -0.39 is 12.0 Å². The van der Waals surface area contributed by atoms with Crippen LogP contribution in [0.3, 0.4) is 0 Å². The number of thioether (sulfide) groups is 1. The Bertz CT molecular complexity index is 304. The summed E-state index contributed by atoms with van der Waals surface area (Å²) in [4.78, 5) is 22.4. The lowest BCUT2D eigenvalue weighted by molar-refractivity contribution is -0.139. The Morgan fingerprint density at radius 1 is 1.39 bits per heavy atom. The fourth-order valence-electron chi connectivity index (χ4n) is 2.26. The van der Waals surface area contributed by atoms with Crippen LogP contribution < -0.4 is 10.6 Å². The quantitative estimate of drug-likeness (QED) is 0.690. The monoisotopic (exact) mass is 274 g/mol. The molecule has 0 aromatic carbocycles. The Kier molecular flexibility index (Phi) is 5.78. The number of carbonyl (C=O) groups excluding carboxylic acids is 1. The van der Waals surface area contributed by atoms with E-state index in [2.05, 4.69) is 16.9 Å². The molecule has 2 amide bonds. The number of amides is 2. The van der Waals surface area contributed by atoms with E-state index >= 15 is 0 Å². The van der Waals surface area contributed by atoms with Crippen LogP contribution in [-0.4, -0.2) is 40.7 Å². The van der Waals surface area contributed by atoms with E-state index in [1.54, 1.807) is 18.7 Å². The highest BCUT2D eigenvalue weighted by molar-refractivity contribution is 8.00. The first-order valence-corrected chi connectivity index (χ1v) is 7.58. The van der Waals surface area contributed by atoms with E-state index in [0.29, 0.717) is 13.0 Å². The van der Waals surface area contributed by atoms with Gasteiger partial charge in [-0.05, 0) is 25.5 Å². The second kappa shape index (κ2) is 6.87. The number of hydrogen-bond donors (Lipinski definition) is 3. The molecule has 0 saturated heterocycles. The SMILES string of the molecule is CC[C@@H](NC(=O)NCC1(SC)CCCC1)C(=O)O. The summed E-state index contributed by atoms with van der Waals surface area (Å²) in [5, 5.41) is 14.1. The van der Waals surface area contributed by atoms with Gasteiger partial charge in [-0.25, -0.2) is 9.59 Å². The van der Waals surface area contributed by atoms with Gasteiger partial charge in [0.05, 0.1) is 0 Å². The zero-order valence-corrected chi connectivity index (χ0v) is 11.8. The molecule has 104 valence electrons. The molecule has 6 heteroatoms. The smallest absolute Gasteiger partial charge is 0.326 e. The van der Waals surface area contributed by atoms with Crippen molar-refractivity contribution in [1.82, 2.24) is 10.6 Å². The molecule has 3 N–H and O–H groups in total. The summed E-state index contributed by atoms with van der Waals surface area (Å²) in [7, 11) is 0. The summed E-state index contributed by atoms with van der Waals surface area (Å²) in [5.74, 6) is -0.993. The van der Waals surface area contributed by atoms with Crippen LogP contribution in [0.15, 0.2) is 0 Å². The minimum atomic E-state index is -0.993. The summed E-state index contributed by atoms with van der Waals surface area (Å²) in [5.41, 5.74) is 0. The van der Waals surface area contributed by atoms with Crippen molar-refractivity contribution in [3.63, 3.8) is 0 Å². The number of urea groups is 1. The van der Waals surface area contributed by atoms with Crippen molar-refractivity contribution in [3.05, 3.63) is 0 Å². The molecule has 18 heavy (non-hydrogen) atoms. The maximum atomic E-state index is 11.6. The molecule has 1 rings (SSSR count). The number of hydrogen-bond acceptors (Lipinski definition) is 3. The van der Waals surface area contributed by atoms with Crippen molar-refractivity contribution < 1.29 is 14.7 Å². The minimum Gasteiger partial charge on any atom is -0.480 e. The summed E-state index contributed by atoms with van der Waals surface area (Å²) >= 11 is 1.79. The molecule has 0 spiro atoms. The Labute approximate surface area is 112 Å². The highest BCUT2D eigenvalue weighted by atomic mass is 32.2. The third kappa shape index (κ3) is 4.08. The van der Waals surface area contributed by atoms with Gasteiger partial charge in [-0.2, -0.15) is 11.8 Å². The Morgan fingerprint density at radius 2 is 2.00 bits per heavy atom. The van der Waals surface area contributed by atoms with E-state index in [9.17, 15) is 9.59 Å². The van der Waals surface area contributed by atoms with E-state index in [-0.39, 0.29) is 10.8 Å². The van der Waals surface area contributed by atoms with Gasteiger partial charge in [0.1, 0.15) is 6.04 Å². The number of carboxylic acids is 1. The molecular weight excluding hydrogens is 252 g/mol. The predicted octanol–water partition coefficient (Wildman–Crippen LogP) is 1.82. The van der Waals surface area contributed by atoms with E-state index in [0.717, 1.165) is 12.8 Å². The van der Waals surface area contributed by atoms with Crippen LogP contribution in [0.4, 0.5) is 4.79 Å². The minimum absolute atomic E-state index is 0.141. The van der Waals surface area contributed by atoms with E-state index in [1.165, 1.54) is 12.8 Å². The van der Waals surface area contributed by atoms with E-state index in [4.69, 9.17) is 5.11 Å². The van der Waals surface area contributed by atoms with Gasteiger partial charge in [0, 0.05) is 11.3 Å². The van der Waals surface area contributed by atoms with Crippen molar-refractivity contribution in [1.29, 1.82) is 0 Å². The molecule has 1 aliphatic carbocycles. The van der Waals surface area contributed by atoms with Crippen molar-refractivity contribution in [2.45, 2.75) is 49.8 Å². The van der Waals surface area contributed by atoms with Crippen LogP contribution >= 0.6 is 11.8 Å². The number of aliphatic carboxylic acids is 1. The van der Waals surface area contributed by atoms with Crippen LogP contribution in [0.1, 0.15) is 39.0 Å². The lowest BCUT2D eigenvalue weighted by Gasteiger charge is -2.27. The predicted molar refractivity (Wildman–Crippen MR) is 73.0 cm³/mol. The highest BCUT2D eigenvalue weighted by Gasteiger charge is 2.33. The van der Waals surface area contributed by atoms with Gasteiger partial charge in [-0.1, -0.05) is 19.8 Å². The Morgan fingerprint density at radius 3 is 2.44 bits per heavy atom. The third-order valence-corrected chi connectivity index (χ3v) is 4.95. The second-order valence-corrected chi connectivity index (χ2v) is 5.99. The number of carboxylic acid groups (broad SMARTS) is 1. The molecule has 1 fully saturated rings. The zero-order chi connectivity index (χ0) is 13.6. The molecule has 0 unspecified atom stereocenters. The molecule has 0 bridgehead atoms. The third-order valence-electron chi connectivity index (χ3n) is 3.53. The molecule has 1 atom stereocenters. The lowest BCUT2D eigenvalue weighted by Crippen LogP contribution is -2.49. The summed E-state index contributed by atoms with van der Waals surface area (Å²) in [6.07, 6.45) is 7.09. The van der Waals surface area contributed by atoms with Crippen LogP contribution in [0.2, 0.25) is 0 Å². The average molecular weight is 274 g/mol. The molecule has 0 heterocycles.